The van der Waals surface area contributed by atoms with E-state index in [9.17, 15) is 9.59 Å². The second kappa shape index (κ2) is 11.3. The highest BCUT2D eigenvalue weighted by molar-refractivity contribution is 6.19. The molecule has 0 aliphatic carbocycles. The van der Waals surface area contributed by atoms with Crippen LogP contribution in [0, 0.1) is 12.3 Å². The Hall–Kier alpha value is -4.33. The van der Waals surface area contributed by atoms with E-state index in [0.717, 1.165) is 40.1 Å². The molecule has 3 aliphatic rings. The van der Waals surface area contributed by atoms with Crippen molar-refractivity contribution in [3.05, 3.63) is 88.5 Å². The summed E-state index contributed by atoms with van der Waals surface area (Å²) in [5.41, 5.74) is 4.18. The van der Waals surface area contributed by atoms with Gasteiger partial charge in [0.25, 0.3) is 11.8 Å². The maximum atomic E-state index is 13.7. The van der Waals surface area contributed by atoms with Crippen molar-refractivity contribution in [3.8, 4) is 17.2 Å². The van der Waals surface area contributed by atoms with Crippen molar-refractivity contribution in [2.45, 2.75) is 72.1 Å². The van der Waals surface area contributed by atoms with E-state index in [1.165, 1.54) is 0 Å². The summed E-state index contributed by atoms with van der Waals surface area (Å²) in [6.07, 6.45) is 2.07. The van der Waals surface area contributed by atoms with Crippen LogP contribution in [-0.4, -0.2) is 59.3 Å². The fraction of sp³-hybridized carbons (Fsp3) is 0.417. The Bertz CT molecular complexity index is 1620. The van der Waals surface area contributed by atoms with E-state index >= 15 is 0 Å². The van der Waals surface area contributed by atoms with Crippen LogP contribution in [0.3, 0.4) is 0 Å². The molecule has 0 spiro atoms. The van der Waals surface area contributed by atoms with Gasteiger partial charge in [-0.1, -0.05) is 36.4 Å². The Kier molecular flexibility index (Phi) is 7.64. The van der Waals surface area contributed by atoms with E-state index in [1.54, 1.807) is 12.1 Å². The van der Waals surface area contributed by atoms with E-state index in [2.05, 4.69) is 19.9 Å². The minimum absolute atomic E-state index is 0.0150. The lowest BCUT2D eigenvalue weighted by Gasteiger charge is -2.35. The van der Waals surface area contributed by atoms with Crippen molar-refractivity contribution >= 4 is 17.5 Å². The molecule has 3 aromatic rings. The van der Waals surface area contributed by atoms with Crippen molar-refractivity contribution in [3.63, 3.8) is 0 Å². The van der Waals surface area contributed by atoms with Crippen molar-refractivity contribution in [1.29, 1.82) is 0 Å². The molecule has 0 saturated carbocycles. The van der Waals surface area contributed by atoms with Gasteiger partial charge in [0.1, 0.15) is 18.0 Å². The molecule has 6 rings (SSSR count). The zero-order chi connectivity index (χ0) is 31.2. The van der Waals surface area contributed by atoms with Crippen LogP contribution >= 0.6 is 0 Å². The number of benzene rings is 3. The summed E-state index contributed by atoms with van der Waals surface area (Å²) < 4.78 is 17.8. The molecule has 0 bridgehead atoms. The normalized spacial score (nSPS) is 19.0. The Labute approximate surface area is 259 Å². The molecule has 1 fully saturated rings. The summed E-state index contributed by atoms with van der Waals surface area (Å²) in [6, 6.07) is 19.6. The van der Waals surface area contributed by atoms with Gasteiger partial charge in [0.2, 0.25) is 0 Å². The molecule has 3 aliphatic heterocycles. The summed E-state index contributed by atoms with van der Waals surface area (Å²) in [5, 5.41) is 6.60. The molecule has 3 aromatic carbocycles. The molecule has 8 heteroatoms. The van der Waals surface area contributed by atoms with Gasteiger partial charge >= 0.3 is 0 Å². The Morgan fingerprint density at radius 3 is 2.45 bits per heavy atom. The highest BCUT2D eigenvalue weighted by Gasteiger charge is 2.47. The lowest BCUT2D eigenvalue weighted by molar-refractivity contribution is -0.137. The first-order valence-corrected chi connectivity index (χ1v) is 15.4. The van der Waals surface area contributed by atoms with E-state index in [1.807, 2.05) is 80.3 Å². The molecule has 8 nitrogen and oxygen atoms in total. The van der Waals surface area contributed by atoms with Gasteiger partial charge in [0.05, 0.1) is 24.3 Å². The predicted octanol–water partition coefficient (Wildman–Crippen LogP) is 6.17. The van der Waals surface area contributed by atoms with Gasteiger partial charge in [-0.2, -0.15) is 5.10 Å². The third-order valence-electron chi connectivity index (χ3n) is 8.95. The number of ether oxygens (including phenoxy) is 3. The van der Waals surface area contributed by atoms with Gasteiger partial charge in [-0.3, -0.25) is 9.59 Å². The van der Waals surface area contributed by atoms with Crippen LogP contribution in [0.2, 0.25) is 0 Å². The van der Waals surface area contributed by atoms with Crippen LogP contribution in [0.1, 0.15) is 73.1 Å². The lowest BCUT2D eigenvalue weighted by atomic mass is 9.82. The maximum absolute atomic E-state index is 13.7. The smallest absolute Gasteiger partial charge is 0.254 e. The summed E-state index contributed by atoms with van der Waals surface area (Å²) in [7, 11) is 1.64. The molecule has 0 N–H and O–H groups in total. The zero-order valence-corrected chi connectivity index (χ0v) is 26.5. The fourth-order valence-electron chi connectivity index (χ4n) is 6.44. The molecule has 0 radical (unpaired) electrons. The molecule has 2 amide bonds. The van der Waals surface area contributed by atoms with Crippen molar-refractivity contribution in [2.24, 2.45) is 10.5 Å². The van der Waals surface area contributed by atoms with E-state index in [4.69, 9.17) is 19.3 Å². The largest absolute Gasteiger partial charge is 0.493 e. The third-order valence-corrected chi connectivity index (χ3v) is 8.95. The number of carbonyl (C=O) groups excluding carboxylic acids is 2. The number of aryl methyl sites for hydroxylation is 1. The number of amides is 2. The molecule has 1 saturated heterocycles. The van der Waals surface area contributed by atoms with Gasteiger partial charge in [0.15, 0.2) is 11.5 Å². The van der Waals surface area contributed by atoms with Gasteiger partial charge in [-0.05, 0) is 82.9 Å². The maximum Gasteiger partial charge on any atom is 0.254 e. The van der Waals surface area contributed by atoms with Crippen molar-refractivity contribution in [2.75, 3.05) is 20.2 Å². The Balaban J connectivity index is 1.15. The summed E-state index contributed by atoms with van der Waals surface area (Å²) >= 11 is 0. The minimum Gasteiger partial charge on any atom is -0.493 e. The number of carbonyl (C=O) groups is 2. The number of hydrazone groups is 1. The monoisotopic (exact) mass is 595 g/mol. The fourth-order valence-corrected chi connectivity index (χ4v) is 6.44. The topological polar surface area (TPSA) is 80.7 Å². The average molecular weight is 596 g/mol. The number of fused-ring (bicyclic) bond motifs is 1. The number of methoxy groups -OCH3 is 1. The average Bonchev–Trinajstić information content (AvgIpc) is 3.46. The van der Waals surface area contributed by atoms with E-state index in [-0.39, 0.29) is 23.5 Å². The van der Waals surface area contributed by atoms with Crippen LogP contribution < -0.4 is 14.2 Å². The van der Waals surface area contributed by atoms with Gasteiger partial charge in [-0.15, -0.1) is 0 Å². The molecule has 0 unspecified atom stereocenters. The number of rotatable bonds is 7. The SMILES string of the molecule is COc1cc(C2=NN(C3CCN(C(=O)c4cc(OCc5ccccc5)ccc4C)CC3)C(=O)C2(C)C)cc2c1OC(C)(C)C2. The molecule has 44 heavy (non-hydrogen) atoms. The van der Waals surface area contributed by atoms with E-state index < -0.39 is 5.41 Å². The molecular weight excluding hydrogens is 554 g/mol. The second-order valence-electron chi connectivity index (χ2n) is 13.2. The minimum atomic E-state index is -0.793. The van der Waals surface area contributed by atoms with Crippen LogP contribution in [0.5, 0.6) is 17.2 Å². The van der Waals surface area contributed by atoms with Gasteiger partial charge in [-0.25, -0.2) is 5.01 Å². The first-order chi connectivity index (χ1) is 21.0. The van der Waals surface area contributed by atoms with Crippen molar-refractivity contribution < 1.29 is 23.8 Å². The van der Waals surface area contributed by atoms with Crippen LogP contribution in [0.4, 0.5) is 0 Å². The summed E-state index contributed by atoms with van der Waals surface area (Å²) in [5.74, 6) is 2.06. The quantitative estimate of drug-likeness (QED) is 0.326. The van der Waals surface area contributed by atoms with Gasteiger partial charge in [0, 0.05) is 36.2 Å². The molecule has 0 aromatic heterocycles. The van der Waals surface area contributed by atoms with Crippen molar-refractivity contribution in [1.82, 2.24) is 9.91 Å². The number of hydrogen-bond donors (Lipinski definition) is 0. The number of piperidine rings is 1. The van der Waals surface area contributed by atoms with Gasteiger partial charge < -0.3 is 19.1 Å². The first-order valence-electron chi connectivity index (χ1n) is 15.4. The van der Waals surface area contributed by atoms with E-state index in [0.29, 0.717) is 49.6 Å². The molecule has 3 heterocycles. The highest BCUT2D eigenvalue weighted by atomic mass is 16.5. The number of likely N-dealkylation sites (tertiary alicyclic amines) is 1. The van der Waals surface area contributed by atoms with Crippen LogP contribution in [-0.2, 0) is 17.8 Å². The van der Waals surface area contributed by atoms with Crippen LogP contribution in [0.25, 0.3) is 0 Å². The number of hydrogen-bond acceptors (Lipinski definition) is 6. The first kappa shape index (κ1) is 29.7. The third kappa shape index (κ3) is 5.53. The molecule has 0 atom stereocenters. The Morgan fingerprint density at radius 1 is 1.02 bits per heavy atom. The Morgan fingerprint density at radius 2 is 1.75 bits per heavy atom. The lowest BCUT2D eigenvalue weighted by Crippen LogP contribution is -2.47. The van der Waals surface area contributed by atoms with Crippen LogP contribution in [0.15, 0.2) is 65.8 Å². The summed E-state index contributed by atoms with van der Waals surface area (Å²) in [6.45, 7) is 11.5. The molecular formula is C36H41N3O5. The number of nitrogens with zero attached hydrogens (tertiary/aromatic N) is 3. The highest BCUT2D eigenvalue weighted by Crippen LogP contribution is 2.45. The molecule has 230 valence electrons. The predicted molar refractivity (Wildman–Crippen MR) is 169 cm³/mol. The zero-order valence-electron chi connectivity index (χ0n) is 26.5. The standard InChI is InChI=1S/C36H41N3O5/c1-23-12-13-28(43-22-24-10-8-7-9-11-24)20-29(23)33(40)38-16-14-27(15-17-38)39-34(41)36(4,5)32(37-39)25-18-26-21-35(2,3)44-31(26)30(19-25)42-6/h7-13,18-20,27H,14-17,21-22H2,1-6H3. The second-order valence-corrected chi connectivity index (χ2v) is 13.2. The summed E-state index contributed by atoms with van der Waals surface area (Å²) in [4.78, 5) is 29.2.